The molecule has 2 aliphatic rings. The lowest BCUT2D eigenvalue weighted by molar-refractivity contribution is -0.139. The molecule has 0 N–H and O–H groups in total. The first kappa shape index (κ1) is 20.1. The summed E-state index contributed by atoms with van der Waals surface area (Å²) < 4.78 is 11.9. The molecule has 2 aliphatic heterocycles. The van der Waals surface area contributed by atoms with Gasteiger partial charge < -0.3 is 9.47 Å². The van der Waals surface area contributed by atoms with E-state index < -0.39 is 18.0 Å². The van der Waals surface area contributed by atoms with Crippen LogP contribution in [0.2, 0.25) is 5.02 Å². The molecule has 2 aromatic carbocycles. The van der Waals surface area contributed by atoms with Gasteiger partial charge in [-0.25, -0.2) is 14.6 Å². The van der Waals surface area contributed by atoms with Crippen LogP contribution in [0.5, 0.6) is 0 Å². The number of carbonyl (C=O) groups excluding carboxylic acids is 2. The van der Waals surface area contributed by atoms with Crippen LogP contribution >= 0.6 is 11.6 Å². The molecule has 0 amide bonds. The Morgan fingerprint density at radius 3 is 2.41 bits per heavy atom. The summed E-state index contributed by atoms with van der Waals surface area (Å²) in [6, 6.07) is 12.4. The lowest BCUT2D eigenvalue weighted by Crippen LogP contribution is -2.45. The van der Waals surface area contributed by atoms with Crippen molar-refractivity contribution in [3.05, 3.63) is 76.2 Å². The SMILES string of the molecule is COC(=O)C1=C(C(=O)OC)N2c3nncn3-c3ccc(Cl)cc3N2C1c1ccc(C)cc1. The molecule has 0 aliphatic carbocycles. The Morgan fingerprint density at radius 1 is 1.00 bits per heavy atom. The number of methoxy groups -OCH3 is 2. The van der Waals surface area contributed by atoms with Gasteiger partial charge in [0.2, 0.25) is 0 Å². The van der Waals surface area contributed by atoms with Crippen LogP contribution in [-0.2, 0) is 19.1 Å². The van der Waals surface area contributed by atoms with Crippen LogP contribution in [0.25, 0.3) is 5.69 Å². The van der Waals surface area contributed by atoms with E-state index in [4.69, 9.17) is 21.1 Å². The van der Waals surface area contributed by atoms with E-state index in [0.717, 1.165) is 16.8 Å². The first-order chi connectivity index (χ1) is 15.5. The molecule has 1 aromatic heterocycles. The van der Waals surface area contributed by atoms with Crippen molar-refractivity contribution in [1.82, 2.24) is 14.8 Å². The minimum atomic E-state index is -0.704. The van der Waals surface area contributed by atoms with Gasteiger partial charge >= 0.3 is 11.9 Å². The van der Waals surface area contributed by atoms with Crippen molar-refractivity contribution in [1.29, 1.82) is 0 Å². The van der Waals surface area contributed by atoms with Crippen molar-refractivity contribution < 1.29 is 19.1 Å². The zero-order chi connectivity index (χ0) is 22.6. The second-order valence-electron chi connectivity index (χ2n) is 7.35. The summed E-state index contributed by atoms with van der Waals surface area (Å²) in [5.74, 6) is -1.03. The maximum absolute atomic E-state index is 13.1. The number of benzene rings is 2. The average Bonchev–Trinajstić information content (AvgIpc) is 3.41. The van der Waals surface area contributed by atoms with Gasteiger partial charge in [-0.1, -0.05) is 41.4 Å². The highest BCUT2D eigenvalue weighted by atomic mass is 35.5. The second kappa shape index (κ2) is 7.38. The molecule has 0 bridgehead atoms. The Hall–Kier alpha value is -3.85. The summed E-state index contributed by atoms with van der Waals surface area (Å²) in [5, 5.41) is 12.1. The van der Waals surface area contributed by atoms with Gasteiger partial charge in [-0.3, -0.25) is 9.58 Å². The Balaban J connectivity index is 1.86. The molecular weight excluding hydrogens is 434 g/mol. The number of hydrogen-bond acceptors (Lipinski definition) is 8. The van der Waals surface area contributed by atoms with Crippen molar-refractivity contribution in [2.24, 2.45) is 0 Å². The normalized spacial score (nSPS) is 16.4. The van der Waals surface area contributed by atoms with E-state index in [-0.39, 0.29) is 11.3 Å². The lowest BCUT2D eigenvalue weighted by atomic mass is 9.96. The molecule has 10 heteroatoms. The molecule has 0 fully saturated rings. The van der Waals surface area contributed by atoms with Gasteiger partial charge in [0.05, 0.1) is 31.2 Å². The number of halogens is 1. The summed E-state index contributed by atoms with van der Waals surface area (Å²) in [6.45, 7) is 1.97. The molecule has 3 aromatic rings. The number of rotatable bonds is 3. The second-order valence-corrected chi connectivity index (χ2v) is 7.79. The van der Waals surface area contributed by atoms with Gasteiger partial charge in [-0.2, -0.15) is 0 Å². The van der Waals surface area contributed by atoms with Crippen LogP contribution in [-0.4, -0.2) is 40.9 Å². The monoisotopic (exact) mass is 451 g/mol. The summed E-state index contributed by atoms with van der Waals surface area (Å²) in [5.41, 5.74) is 3.38. The number of aromatic nitrogens is 3. The Bertz CT molecular complexity index is 1280. The third-order valence-corrected chi connectivity index (χ3v) is 5.78. The quantitative estimate of drug-likeness (QED) is 0.561. The third kappa shape index (κ3) is 2.78. The average molecular weight is 452 g/mol. The number of aryl methyl sites for hydroxylation is 1. The van der Waals surface area contributed by atoms with Gasteiger partial charge in [-0.05, 0) is 30.7 Å². The van der Waals surface area contributed by atoms with Crippen molar-refractivity contribution in [2.75, 3.05) is 24.2 Å². The summed E-state index contributed by atoms with van der Waals surface area (Å²) >= 11 is 6.35. The molecule has 3 heterocycles. The Morgan fingerprint density at radius 2 is 1.72 bits per heavy atom. The molecule has 0 saturated heterocycles. The van der Waals surface area contributed by atoms with E-state index in [0.29, 0.717) is 16.7 Å². The molecule has 0 saturated carbocycles. The summed E-state index contributed by atoms with van der Waals surface area (Å²) in [4.78, 5) is 26.1. The van der Waals surface area contributed by atoms with Gasteiger partial charge in [0.1, 0.15) is 12.4 Å². The van der Waals surface area contributed by atoms with E-state index in [1.54, 1.807) is 21.7 Å². The smallest absolute Gasteiger partial charge is 0.357 e. The van der Waals surface area contributed by atoms with Crippen LogP contribution in [0.3, 0.4) is 0 Å². The summed E-state index contributed by atoms with van der Waals surface area (Å²) in [6.07, 6.45) is 1.53. The Labute approximate surface area is 188 Å². The highest BCUT2D eigenvalue weighted by Crippen LogP contribution is 2.50. The standard InChI is InChI=1S/C22H18ClN5O4/c1-12-4-6-13(7-5-12)18-17(20(29)31-2)19(21(30)32-3)28-22-25-24-11-26(22)15-9-8-14(23)10-16(15)27(18)28/h4-11,18H,1-3H3. The molecule has 1 unspecified atom stereocenters. The van der Waals surface area contributed by atoms with Gasteiger partial charge in [0.25, 0.3) is 5.95 Å². The predicted molar refractivity (Wildman–Crippen MR) is 116 cm³/mol. The van der Waals surface area contributed by atoms with E-state index in [2.05, 4.69) is 10.2 Å². The zero-order valence-corrected chi connectivity index (χ0v) is 18.2. The molecule has 162 valence electrons. The van der Waals surface area contributed by atoms with E-state index in [1.807, 2.05) is 37.3 Å². The van der Waals surface area contributed by atoms with Gasteiger partial charge in [0.15, 0.2) is 5.70 Å². The van der Waals surface area contributed by atoms with E-state index in [9.17, 15) is 9.59 Å². The van der Waals surface area contributed by atoms with Crippen LogP contribution < -0.4 is 10.0 Å². The Kier molecular flexibility index (Phi) is 4.63. The number of anilines is 2. The van der Waals surface area contributed by atoms with Crippen molar-refractivity contribution in [2.45, 2.75) is 13.0 Å². The number of fused-ring (bicyclic) bond motifs is 6. The number of esters is 2. The number of hydrogen-bond donors (Lipinski definition) is 0. The topological polar surface area (TPSA) is 89.8 Å². The van der Waals surface area contributed by atoms with Crippen LogP contribution in [0, 0.1) is 6.92 Å². The lowest BCUT2D eigenvalue weighted by Gasteiger charge is -2.40. The molecule has 32 heavy (non-hydrogen) atoms. The fourth-order valence-electron chi connectivity index (χ4n) is 4.13. The molecule has 0 spiro atoms. The number of hydrazine groups is 1. The molecular formula is C22H18ClN5O4. The summed E-state index contributed by atoms with van der Waals surface area (Å²) in [7, 11) is 2.53. The highest BCUT2D eigenvalue weighted by Gasteiger charge is 2.51. The van der Waals surface area contributed by atoms with Crippen molar-refractivity contribution in [3.8, 4) is 5.69 Å². The van der Waals surface area contributed by atoms with Crippen LogP contribution in [0.4, 0.5) is 11.6 Å². The minimum Gasteiger partial charge on any atom is -0.466 e. The van der Waals surface area contributed by atoms with Crippen molar-refractivity contribution in [3.63, 3.8) is 0 Å². The number of nitrogens with zero attached hydrogens (tertiary/aromatic N) is 5. The fourth-order valence-corrected chi connectivity index (χ4v) is 4.29. The highest BCUT2D eigenvalue weighted by molar-refractivity contribution is 6.31. The van der Waals surface area contributed by atoms with Crippen LogP contribution in [0.15, 0.2) is 60.1 Å². The molecule has 0 radical (unpaired) electrons. The largest absolute Gasteiger partial charge is 0.466 e. The van der Waals surface area contributed by atoms with Crippen molar-refractivity contribution >= 4 is 35.2 Å². The maximum Gasteiger partial charge on any atom is 0.357 e. The predicted octanol–water partition coefficient (Wildman–Crippen LogP) is 3.13. The number of ether oxygens (including phenoxy) is 2. The molecule has 5 rings (SSSR count). The first-order valence-corrected chi connectivity index (χ1v) is 10.1. The molecule has 9 nitrogen and oxygen atoms in total. The van der Waals surface area contributed by atoms with E-state index in [1.165, 1.54) is 25.6 Å². The maximum atomic E-state index is 13.1. The van der Waals surface area contributed by atoms with Gasteiger partial charge in [0, 0.05) is 5.02 Å². The fraction of sp³-hybridized carbons (Fsp3) is 0.182. The minimum absolute atomic E-state index is 0.00444. The molecule has 1 atom stereocenters. The third-order valence-electron chi connectivity index (χ3n) is 5.54. The van der Waals surface area contributed by atoms with Gasteiger partial charge in [-0.15, -0.1) is 10.2 Å². The van der Waals surface area contributed by atoms with E-state index >= 15 is 0 Å². The van der Waals surface area contributed by atoms with Crippen LogP contribution in [0.1, 0.15) is 17.2 Å². The first-order valence-electron chi connectivity index (χ1n) is 9.72. The number of carbonyl (C=O) groups is 2. The zero-order valence-electron chi connectivity index (χ0n) is 17.4.